The summed E-state index contributed by atoms with van der Waals surface area (Å²) >= 11 is 24.7. The molecular formula is C34H33Cl4N3. The van der Waals surface area contributed by atoms with E-state index in [9.17, 15) is 0 Å². The molecule has 1 aliphatic rings. The van der Waals surface area contributed by atoms with E-state index < -0.39 is 0 Å². The maximum absolute atomic E-state index is 6.59. The predicted molar refractivity (Wildman–Crippen MR) is 181 cm³/mol. The molecule has 2 aromatic carbocycles. The normalized spacial score (nSPS) is 14.6. The van der Waals surface area contributed by atoms with Gasteiger partial charge >= 0.3 is 0 Å². The van der Waals surface area contributed by atoms with Crippen molar-refractivity contribution in [2.45, 2.75) is 26.2 Å². The van der Waals surface area contributed by atoms with Gasteiger partial charge in [-0.15, -0.1) is 0 Å². The number of allylic oxidation sites excluding steroid dienone is 8. The number of fused-ring (bicyclic) bond motifs is 1. The van der Waals surface area contributed by atoms with Gasteiger partial charge in [-0.25, -0.2) is 4.98 Å². The standard InChI is InChI=1S/C34H33Cl4N3/c1-21-19-27(22(2)32(21)34(38)33(37)28(36)20-35)31-17-16-26-29(10-8-11-30(26)40-31)39-23(3)25-14-12-24(13-15-25)9-6-7-18-41(4)5/h8,10-17,19-20,39H,2-3,6-7,9,18H2,1,4-5H3/b28-20-,34-33-. The first kappa shape index (κ1) is 31.2. The van der Waals surface area contributed by atoms with Gasteiger partial charge in [-0.3, -0.25) is 0 Å². The third kappa shape index (κ3) is 7.35. The molecule has 7 heteroatoms. The maximum atomic E-state index is 6.59. The van der Waals surface area contributed by atoms with Gasteiger partial charge in [0.05, 0.1) is 26.3 Å². The molecule has 1 N–H and O–H groups in total. The van der Waals surface area contributed by atoms with E-state index in [2.05, 4.69) is 67.8 Å². The molecule has 4 rings (SSSR count). The molecule has 0 radical (unpaired) electrons. The maximum Gasteiger partial charge on any atom is 0.0793 e. The Hall–Kier alpha value is -2.79. The molecule has 0 fully saturated rings. The van der Waals surface area contributed by atoms with E-state index in [0.717, 1.165) is 68.8 Å². The van der Waals surface area contributed by atoms with Crippen LogP contribution in [0.3, 0.4) is 0 Å². The lowest BCUT2D eigenvalue weighted by Gasteiger charge is -2.14. The number of nitrogens with zero attached hydrogens (tertiary/aromatic N) is 2. The first-order valence-electron chi connectivity index (χ1n) is 13.3. The van der Waals surface area contributed by atoms with Crippen molar-refractivity contribution in [1.29, 1.82) is 0 Å². The van der Waals surface area contributed by atoms with Crippen LogP contribution in [0.4, 0.5) is 5.69 Å². The second-order valence-electron chi connectivity index (χ2n) is 10.3. The first-order chi connectivity index (χ1) is 19.6. The van der Waals surface area contributed by atoms with Crippen molar-refractivity contribution in [2.24, 2.45) is 0 Å². The third-order valence-electron chi connectivity index (χ3n) is 7.02. The van der Waals surface area contributed by atoms with Crippen molar-refractivity contribution in [1.82, 2.24) is 9.88 Å². The van der Waals surface area contributed by atoms with Crippen molar-refractivity contribution in [3.8, 4) is 0 Å². The Morgan fingerprint density at radius 2 is 1.73 bits per heavy atom. The van der Waals surface area contributed by atoms with Gasteiger partial charge in [-0.1, -0.05) is 89.9 Å². The number of unbranched alkanes of at least 4 members (excludes halogenated alkanes) is 1. The summed E-state index contributed by atoms with van der Waals surface area (Å²) in [5.41, 5.74) is 10.2. The second kappa shape index (κ2) is 13.9. The zero-order chi connectivity index (χ0) is 29.7. The number of hydrogen-bond acceptors (Lipinski definition) is 3. The second-order valence-corrected chi connectivity index (χ2v) is 11.7. The molecule has 0 saturated carbocycles. The zero-order valence-electron chi connectivity index (χ0n) is 23.5. The molecule has 0 saturated heterocycles. The minimum absolute atomic E-state index is 0.164. The minimum atomic E-state index is 0.164. The van der Waals surface area contributed by atoms with Crippen LogP contribution in [0.2, 0.25) is 0 Å². The number of hydrogen-bond donors (Lipinski definition) is 1. The number of pyridine rings is 1. The van der Waals surface area contributed by atoms with E-state index in [0.29, 0.717) is 5.03 Å². The summed E-state index contributed by atoms with van der Waals surface area (Å²) in [6.07, 6.45) is 5.47. The minimum Gasteiger partial charge on any atom is -0.355 e. The predicted octanol–water partition coefficient (Wildman–Crippen LogP) is 10.5. The summed E-state index contributed by atoms with van der Waals surface area (Å²) in [5.74, 6) is 0. The molecule has 1 aromatic heterocycles. The monoisotopic (exact) mass is 623 g/mol. The van der Waals surface area contributed by atoms with Gasteiger partial charge < -0.3 is 10.2 Å². The summed E-state index contributed by atoms with van der Waals surface area (Å²) in [6, 6.07) is 18.7. The van der Waals surface area contributed by atoms with E-state index in [1.54, 1.807) is 0 Å². The molecule has 3 nitrogen and oxygen atoms in total. The molecule has 0 atom stereocenters. The van der Waals surface area contributed by atoms with Crippen LogP contribution in [0, 0.1) is 0 Å². The number of anilines is 1. The van der Waals surface area contributed by atoms with Gasteiger partial charge in [-0.2, -0.15) is 0 Å². The highest BCUT2D eigenvalue weighted by molar-refractivity contribution is 6.50. The lowest BCUT2D eigenvalue weighted by Crippen LogP contribution is -2.12. The Labute approximate surface area is 263 Å². The van der Waals surface area contributed by atoms with Crippen LogP contribution in [-0.2, 0) is 6.42 Å². The van der Waals surface area contributed by atoms with Gasteiger partial charge in [0.2, 0.25) is 0 Å². The quantitative estimate of drug-likeness (QED) is 0.170. The largest absolute Gasteiger partial charge is 0.355 e. The Kier molecular flexibility index (Phi) is 10.6. The number of benzene rings is 2. The summed E-state index contributed by atoms with van der Waals surface area (Å²) in [6.45, 7) is 11.6. The highest BCUT2D eigenvalue weighted by atomic mass is 35.5. The number of halogens is 4. The highest BCUT2D eigenvalue weighted by Crippen LogP contribution is 2.44. The van der Waals surface area contributed by atoms with E-state index >= 15 is 0 Å². The average Bonchev–Trinajstić information content (AvgIpc) is 3.27. The van der Waals surface area contributed by atoms with Crippen molar-refractivity contribution >= 4 is 74.3 Å². The fraction of sp³-hybridized carbons (Fsp3) is 0.206. The smallest absolute Gasteiger partial charge is 0.0793 e. The van der Waals surface area contributed by atoms with E-state index in [1.165, 1.54) is 23.9 Å². The SMILES string of the molecule is C=C1C(c2ccc3c(NC(=C)c4ccc(CCCCN(C)C)cc4)cccc3n2)=CC(C)=C1/C(Cl)=C(Cl)\C(Cl)=C\Cl. The molecule has 0 spiro atoms. The third-order valence-corrected chi connectivity index (χ3v) is 8.61. The topological polar surface area (TPSA) is 28.2 Å². The molecule has 3 aromatic rings. The fourth-order valence-corrected chi connectivity index (χ4v) is 5.65. The Bertz CT molecular complexity index is 1610. The summed E-state index contributed by atoms with van der Waals surface area (Å²) < 4.78 is 0. The van der Waals surface area contributed by atoms with Gasteiger partial charge in [0.25, 0.3) is 0 Å². The number of nitrogens with one attached hydrogen (secondary N) is 1. The Balaban J connectivity index is 1.50. The summed E-state index contributed by atoms with van der Waals surface area (Å²) in [4.78, 5) is 7.18. The molecule has 41 heavy (non-hydrogen) atoms. The highest BCUT2D eigenvalue weighted by Gasteiger charge is 2.25. The Morgan fingerprint density at radius 3 is 2.41 bits per heavy atom. The van der Waals surface area contributed by atoms with E-state index in [1.807, 2.05) is 37.3 Å². The van der Waals surface area contributed by atoms with Crippen molar-refractivity contribution in [3.05, 3.63) is 128 Å². The van der Waals surface area contributed by atoms with Crippen LogP contribution >= 0.6 is 46.4 Å². The van der Waals surface area contributed by atoms with Crippen molar-refractivity contribution in [2.75, 3.05) is 26.0 Å². The average molecular weight is 625 g/mol. The number of aryl methyl sites for hydroxylation is 1. The van der Waals surface area contributed by atoms with E-state index in [4.69, 9.17) is 51.4 Å². The van der Waals surface area contributed by atoms with Crippen LogP contribution in [0.15, 0.2) is 111 Å². The lowest BCUT2D eigenvalue weighted by atomic mass is 10.00. The lowest BCUT2D eigenvalue weighted by molar-refractivity contribution is 0.394. The van der Waals surface area contributed by atoms with Crippen LogP contribution in [0.1, 0.15) is 36.6 Å². The first-order valence-corrected chi connectivity index (χ1v) is 14.9. The fourth-order valence-electron chi connectivity index (χ4n) is 4.82. The van der Waals surface area contributed by atoms with Gasteiger partial charge in [0.15, 0.2) is 0 Å². The van der Waals surface area contributed by atoms with Crippen LogP contribution in [-0.4, -0.2) is 30.5 Å². The zero-order valence-corrected chi connectivity index (χ0v) is 26.5. The van der Waals surface area contributed by atoms with Crippen LogP contribution in [0.25, 0.3) is 22.2 Å². The number of aromatic nitrogens is 1. The molecule has 0 unspecified atom stereocenters. The molecule has 212 valence electrons. The molecule has 1 aliphatic carbocycles. The van der Waals surface area contributed by atoms with Gasteiger partial charge in [0.1, 0.15) is 0 Å². The molecule has 0 aliphatic heterocycles. The Morgan fingerprint density at radius 1 is 1.00 bits per heavy atom. The van der Waals surface area contributed by atoms with Gasteiger partial charge in [0, 0.05) is 33.5 Å². The summed E-state index contributed by atoms with van der Waals surface area (Å²) in [7, 11) is 4.23. The molecule has 0 amide bonds. The van der Waals surface area contributed by atoms with Crippen molar-refractivity contribution < 1.29 is 0 Å². The molecule has 0 bridgehead atoms. The summed E-state index contributed by atoms with van der Waals surface area (Å²) in [5, 5.41) is 5.12. The van der Waals surface area contributed by atoms with Crippen LogP contribution in [0.5, 0.6) is 0 Å². The molecular weight excluding hydrogens is 592 g/mol. The van der Waals surface area contributed by atoms with Crippen molar-refractivity contribution in [3.63, 3.8) is 0 Å². The number of rotatable bonds is 11. The van der Waals surface area contributed by atoms with Crippen LogP contribution < -0.4 is 5.32 Å². The molecule has 1 heterocycles. The van der Waals surface area contributed by atoms with Gasteiger partial charge in [-0.05, 0) is 99.4 Å². The van der Waals surface area contributed by atoms with E-state index in [-0.39, 0.29) is 10.1 Å².